The van der Waals surface area contributed by atoms with E-state index in [-0.39, 0.29) is 22.6 Å². The molecule has 0 bridgehead atoms. The van der Waals surface area contributed by atoms with Crippen molar-refractivity contribution in [2.24, 2.45) is 0 Å². The maximum atomic E-state index is 12.2. The van der Waals surface area contributed by atoms with E-state index in [0.717, 1.165) is 25.2 Å². The molecule has 144 valence electrons. The zero-order chi connectivity index (χ0) is 19.1. The van der Waals surface area contributed by atoms with E-state index in [0.29, 0.717) is 16.6 Å². The summed E-state index contributed by atoms with van der Waals surface area (Å²) in [5.74, 6) is -0.0490. The second-order valence-corrected chi connectivity index (χ2v) is 8.58. The molecular weight excluding hydrogens is 382 g/mol. The Morgan fingerprint density at radius 2 is 1.93 bits per heavy atom. The average Bonchev–Trinajstić information content (AvgIpc) is 3.34. The van der Waals surface area contributed by atoms with Crippen LogP contribution in [0.5, 0.6) is 0 Å². The van der Waals surface area contributed by atoms with E-state index >= 15 is 0 Å². The number of aromatic nitrogens is 2. The van der Waals surface area contributed by atoms with Gasteiger partial charge in [0.1, 0.15) is 0 Å². The Balaban J connectivity index is 1.39. The van der Waals surface area contributed by atoms with Crippen molar-refractivity contribution in [3.8, 4) is 0 Å². The van der Waals surface area contributed by atoms with Gasteiger partial charge in [-0.3, -0.25) is 9.59 Å². The van der Waals surface area contributed by atoms with Crippen LogP contribution in [-0.4, -0.2) is 58.8 Å². The molecule has 0 aliphatic carbocycles. The molecule has 1 aliphatic rings. The van der Waals surface area contributed by atoms with Crippen LogP contribution < -0.4 is 10.6 Å². The second-order valence-electron chi connectivity index (χ2n) is 6.38. The number of thioether (sulfide) groups is 1. The number of rotatable bonds is 8. The fourth-order valence-corrected chi connectivity index (χ4v) is 4.30. The minimum Gasteiger partial charge on any atom is -0.354 e. The van der Waals surface area contributed by atoms with Crippen molar-refractivity contribution in [2.75, 3.05) is 37.2 Å². The quantitative estimate of drug-likeness (QED) is 0.656. The third kappa shape index (κ3) is 6.30. The maximum absolute atomic E-state index is 12.2. The Morgan fingerprint density at radius 1 is 1.19 bits per heavy atom. The maximum Gasteiger partial charge on any atom is 0.286 e. The molecule has 1 aromatic heterocycles. The van der Waals surface area contributed by atoms with Gasteiger partial charge in [0.25, 0.3) is 5.91 Å². The van der Waals surface area contributed by atoms with Gasteiger partial charge in [-0.2, -0.15) is 0 Å². The minimum absolute atomic E-state index is 0.0277. The van der Waals surface area contributed by atoms with Gasteiger partial charge in [-0.1, -0.05) is 40.8 Å². The van der Waals surface area contributed by atoms with Crippen LogP contribution >= 0.6 is 23.1 Å². The molecule has 0 unspecified atom stereocenters. The van der Waals surface area contributed by atoms with Crippen LogP contribution in [0.3, 0.4) is 0 Å². The van der Waals surface area contributed by atoms with Crippen molar-refractivity contribution in [3.63, 3.8) is 0 Å². The minimum atomic E-state index is -0.293. The Hall–Kier alpha value is -1.97. The molecule has 0 spiro atoms. The molecule has 2 aromatic rings. The van der Waals surface area contributed by atoms with Gasteiger partial charge in [0.05, 0.1) is 5.75 Å². The number of hydrogen-bond acceptors (Lipinski definition) is 7. The van der Waals surface area contributed by atoms with Crippen LogP contribution in [0.4, 0.5) is 5.69 Å². The van der Waals surface area contributed by atoms with E-state index in [1.165, 1.54) is 35.9 Å². The summed E-state index contributed by atoms with van der Waals surface area (Å²) in [6.45, 7) is 5.81. The molecule has 1 aliphatic heterocycles. The number of likely N-dealkylation sites (tertiary alicyclic amines) is 1. The zero-order valence-electron chi connectivity index (χ0n) is 15.2. The summed E-state index contributed by atoms with van der Waals surface area (Å²) in [6.07, 6.45) is 2.50. The van der Waals surface area contributed by atoms with Gasteiger partial charge in [0.2, 0.25) is 10.9 Å². The van der Waals surface area contributed by atoms with Crippen molar-refractivity contribution < 1.29 is 9.59 Å². The Labute approximate surface area is 166 Å². The van der Waals surface area contributed by atoms with Crippen LogP contribution in [0.25, 0.3) is 0 Å². The Morgan fingerprint density at radius 3 is 2.67 bits per heavy atom. The van der Waals surface area contributed by atoms with E-state index in [1.807, 2.05) is 31.2 Å². The van der Waals surface area contributed by atoms with Gasteiger partial charge in [0, 0.05) is 18.8 Å². The van der Waals surface area contributed by atoms with Crippen molar-refractivity contribution >= 4 is 40.6 Å². The number of aryl methyl sites for hydroxylation is 1. The third-order valence-corrected chi connectivity index (χ3v) is 6.24. The fourth-order valence-electron chi connectivity index (χ4n) is 2.72. The third-order valence-electron chi connectivity index (χ3n) is 4.19. The SMILES string of the molecule is Cc1ccc(NC(=O)c2nnc(SCC(=O)NCCN3CCCC3)s2)cc1. The monoisotopic (exact) mass is 405 g/mol. The molecule has 1 saturated heterocycles. The van der Waals surface area contributed by atoms with Crippen molar-refractivity contribution in [3.05, 3.63) is 34.8 Å². The lowest BCUT2D eigenvalue weighted by atomic mass is 10.2. The number of nitrogens with zero attached hydrogens (tertiary/aromatic N) is 3. The lowest BCUT2D eigenvalue weighted by molar-refractivity contribution is -0.118. The molecule has 0 atom stereocenters. The summed E-state index contributed by atoms with van der Waals surface area (Å²) in [4.78, 5) is 26.5. The van der Waals surface area contributed by atoms with Gasteiger partial charge in [-0.25, -0.2) is 0 Å². The highest BCUT2D eigenvalue weighted by molar-refractivity contribution is 8.01. The summed E-state index contributed by atoms with van der Waals surface area (Å²) in [7, 11) is 0. The first kappa shape index (κ1) is 19.8. The van der Waals surface area contributed by atoms with Crippen LogP contribution in [0.15, 0.2) is 28.6 Å². The lowest BCUT2D eigenvalue weighted by Crippen LogP contribution is -2.34. The van der Waals surface area contributed by atoms with Crippen LogP contribution in [0.2, 0.25) is 0 Å². The van der Waals surface area contributed by atoms with E-state index < -0.39 is 0 Å². The molecule has 9 heteroatoms. The molecule has 2 heterocycles. The highest BCUT2D eigenvalue weighted by Crippen LogP contribution is 2.23. The second kappa shape index (κ2) is 9.82. The molecule has 0 radical (unpaired) electrons. The summed E-state index contributed by atoms with van der Waals surface area (Å²) in [6, 6.07) is 7.55. The smallest absolute Gasteiger partial charge is 0.286 e. The molecule has 27 heavy (non-hydrogen) atoms. The number of carbonyl (C=O) groups is 2. The first-order chi connectivity index (χ1) is 13.1. The Kier molecular flexibility index (Phi) is 7.19. The van der Waals surface area contributed by atoms with Crippen molar-refractivity contribution in [2.45, 2.75) is 24.1 Å². The van der Waals surface area contributed by atoms with Gasteiger partial charge in [-0.05, 0) is 45.0 Å². The standard InChI is InChI=1S/C18H23N5O2S2/c1-13-4-6-14(7-5-13)20-16(25)17-21-22-18(27-17)26-12-15(24)19-8-11-23-9-2-3-10-23/h4-7H,2-3,8-12H2,1H3,(H,19,24)(H,20,25). The summed E-state index contributed by atoms with van der Waals surface area (Å²) in [5.41, 5.74) is 1.84. The largest absolute Gasteiger partial charge is 0.354 e. The van der Waals surface area contributed by atoms with E-state index in [1.54, 1.807) is 0 Å². The average molecular weight is 406 g/mol. The first-order valence-electron chi connectivity index (χ1n) is 8.93. The highest BCUT2D eigenvalue weighted by Gasteiger charge is 2.15. The summed E-state index contributed by atoms with van der Waals surface area (Å²) >= 11 is 2.49. The highest BCUT2D eigenvalue weighted by atomic mass is 32.2. The molecule has 3 rings (SSSR count). The zero-order valence-corrected chi connectivity index (χ0v) is 16.9. The number of amides is 2. The molecule has 1 aromatic carbocycles. The van der Waals surface area contributed by atoms with E-state index in [4.69, 9.17) is 0 Å². The predicted octanol–water partition coefficient (Wildman–Crippen LogP) is 2.40. The molecule has 7 nitrogen and oxygen atoms in total. The molecule has 2 N–H and O–H groups in total. The van der Waals surface area contributed by atoms with E-state index in [9.17, 15) is 9.59 Å². The lowest BCUT2D eigenvalue weighted by Gasteiger charge is -2.14. The molecular formula is C18H23N5O2S2. The number of nitrogens with one attached hydrogen (secondary N) is 2. The number of benzene rings is 1. The van der Waals surface area contributed by atoms with Gasteiger partial charge >= 0.3 is 0 Å². The van der Waals surface area contributed by atoms with Crippen molar-refractivity contribution in [1.82, 2.24) is 20.4 Å². The Bertz CT molecular complexity index is 772. The van der Waals surface area contributed by atoms with Gasteiger partial charge in [0.15, 0.2) is 4.34 Å². The predicted molar refractivity (Wildman–Crippen MR) is 108 cm³/mol. The van der Waals surface area contributed by atoms with E-state index in [2.05, 4.69) is 25.7 Å². The van der Waals surface area contributed by atoms with Crippen LogP contribution in [-0.2, 0) is 4.79 Å². The topological polar surface area (TPSA) is 87.2 Å². The normalized spacial score (nSPS) is 14.3. The number of anilines is 1. The first-order valence-corrected chi connectivity index (χ1v) is 10.7. The molecule has 1 fully saturated rings. The summed E-state index contributed by atoms with van der Waals surface area (Å²) < 4.78 is 0.610. The molecule has 0 saturated carbocycles. The summed E-state index contributed by atoms with van der Waals surface area (Å²) in [5, 5.41) is 13.9. The van der Waals surface area contributed by atoms with Gasteiger partial charge in [-0.15, -0.1) is 10.2 Å². The number of carbonyl (C=O) groups excluding carboxylic acids is 2. The van der Waals surface area contributed by atoms with Crippen LogP contribution in [0.1, 0.15) is 28.2 Å². The molecule has 2 amide bonds. The van der Waals surface area contributed by atoms with Crippen LogP contribution in [0, 0.1) is 6.92 Å². The fraction of sp³-hybridized carbons (Fsp3) is 0.444. The number of hydrogen-bond donors (Lipinski definition) is 2. The van der Waals surface area contributed by atoms with Crippen molar-refractivity contribution in [1.29, 1.82) is 0 Å². The van der Waals surface area contributed by atoms with Gasteiger partial charge < -0.3 is 15.5 Å².